The highest BCUT2D eigenvalue weighted by Crippen LogP contribution is 2.36. The Morgan fingerprint density at radius 1 is 0.952 bits per heavy atom. The van der Waals surface area contributed by atoms with E-state index in [9.17, 15) is 9.90 Å². The third-order valence-corrected chi connectivity index (χ3v) is 3.97. The summed E-state index contributed by atoms with van der Waals surface area (Å²) in [5.74, 6) is -0.812. The molecular weight excluding hydrogens is 260 g/mol. The van der Waals surface area contributed by atoms with Crippen LogP contribution >= 0.6 is 0 Å². The first-order chi connectivity index (χ1) is 10.2. The average molecular weight is 276 g/mol. The Morgan fingerprint density at radius 2 is 1.57 bits per heavy atom. The monoisotopic (exact) mass is 276 g/mol. The highest BCUT2D eigenvalue weighted by atomic mass is 16.4. The minimum Gasteiger partial charge on any atom is -0.480 e. The molecule has 1 aliphatic rings. The normalized spacial score (nSPS) is 20.9. The number of carboxylic acids is 1. The van der Waals surface area contributed by atoms with Crippen LogP contribution in [0.1, 0.15) is 17.5 Å². The fourth-order valence-corrected chi connectivity index (χ4v) is 2.72. The highest BCUT2D eigenvalue weighted by Gasteiger charge is 2.38. The molecular formula is C19H16O2. The van der Waals surface area contributed by atoms with E-state index in [1.54, 1.807) is 0 Å². The molecule has 0 saturated carbocycles. The maximum absolute atomic E-state index is 11.8. The molecule has 0 bridgehead atoms. The molecule has 3 rings (SSSR count). The minimum absolute atomic E-state index is 0.465. The van der Waals surface area contributed by atoms with Gasteiger partial charge in [0.05, 0.1) is 0 Å². The first-order valence-corrected chi connectivity index (χ1v) is 6.96. The molecule has 0 heterocycles. The zero-order valence-corrected chi connectivity index (χ0v) is 11.6. The summed E-state index contributed by atoms with van der Waals surface area (Å²) in [5, 5.41) is 9.72. The van der Waals surface area contributed by atoms with Crippen LogP contribution in [0.4, 0.5) is 0 Å². The van der Waals surface area contributed by atoms with E-state index in [1.165, 1.54) is 0 Å². The van der Waals surface area contributed by atoms with Crippen LogP contribution in [0, 0.1) is 0 Å². The summed E-state index contributed by atoms with van der Waals surface area (Å²) in [6.07, 6.45) is 6.20. The van der Waals surface area contributed by atoms with Crippen molar-refractivity contribution in [1.82, 2.24) is 0 Å². The molecule has 1 unspecified atom stereocenters. The standard InChI is InChI=1S/C19H16O2/c20-18(21)19(17-9-5-2-6-10-17)13-11-16(12-14-19)15-7-3-1-4-8-15/h1-13H,14H2,(H,20,21). The summed E-state index contributed by atoms with van der Waals surface area (Å²) >= 11 is 0. The topological polar surface area (TPSA) is 37.3 Å². The van der Waals surface area contributed by atoms with Gasteiger partial charge in [0.25, 0.3) is 0 Å². The number of benzene rings is 2. The Balaban J connectivity index is 1.97. The lowest BCUT2D eigenvalue weighted by Crippen LogP contribution is -2.34. The zero-order chi connectivity index (χ0) is 14.7. The molecule has 21 heavy (non-hydrogen) atoms. The molecule has 0 aromatic heterocycles. The Labute approximate surface area is 124 Å². The molecule has 0 fully saturated rings. The van der Waals surface area contributed by atoms with Gasteiger partial charge in [0, 0.05) is 0 Å². The number of hydrogen-bond acceptors (Lipinski definition) is 1. The van der Waals surface area contributed by atoms with Gasteiger partial charge in [-0.05, 0) is 23.1 Å². The lowest BCUT2D eigenvalue weighted by molar-refractivity contribution is -0.141. The van der Waals surface area contributed by atoms with Gasteiger partial charge in [-0.15, -0.1) is 0 Å². The fourth-order valence-electron chi connectivity index (χ4n) is 2.72. The number of carboxylic acid groups (broad SMARTS) is 1. The van der Waals surface area contributed by atoms with Crippen LogP contribution in [0.2, 0.25) is 0 Å². The molecule has 0 radical (unpaired) electrons. The number of hydrogen-bond donors (Lipinski definition) is 1. The van der Waals surface area contributed by atoms with Gasteiger partial charge in [0.2, 0.25) is 0 Å². The first kappa shape index (κ1) is 13.4. The highest BCUT2D eigenvalue weighted by molar-refractivity contribution is 5.88. The maximum Gasteiger partial charge on any atom is 0.318 e. The number of aliphatic carboxylic acids is 1. The van der Waals surface area contributed by atoms with E-state index in [0.717, 1.165) is 16.7 Å². The van der Waals surface area contributed by atoms with Crippen molar-refractivity contribution in [2.45, 2.75) is 11.8 Å². The van der Waals surface area contributed by atoms with Crippen molar-refractivity contribution in [3.8, 4) is 0 Å². The van der Waals surface area contributed by atoms with E-state index in [1.807, 2.05) is 78.9 Å². The molecule has 0 saturated heterocycles. The Bertz CT molecular complexity index is 699. The van der Waals surface area contributed by atoms with E-state index in [2.05, 4.69) is 0 Å². The van der Waals surface area contributed by atoms with Crippen LogP contribution < -0.4 is 0 Å². The molecule has 2 heteroatoms. The van der Waals surface area contributed by atoms with Crippen molar-refractivity contribution in [2.24, 2.45) is 0 Å². The molecule has 0 spiro atoms. The van der Waals surface area contributed by atoms with Gasteiger partial charge >= 0.3 is 5.97 Å². The van der Waals surface area contributed by atoms with Crippen molar-refractivity contribution >= 4 is 11.5 Å². The Hall–Kier alpha value is -2.61. The quantitative estimate of drug-likeness (QED) is 0.918. The van der Waals surface area contributed by atoms with Crippen LogP contribution in [0.5, 0.6) is 0 Å². The van der Waals surface area contributed by atoms with Crippen LogP contribution in [-0.2, 0) is 10.2 Å². The summed E-state index contributed by atoms with van der Waals surface area (Å²) in [6.45, 7) is 0. The molecule has 104 valence electrons. The summed E-state index contributed by atoms with van der Waals surface area (Å²) < 4.78 is 0. The van der Waals surface area contributed by atoms with Gasteiger partial charge in [-0.1, -0.05) is 78.9 Å². The molecule has 0 aliphatic heterocycles. The van der Waals surface area contributed by atoms with E-state index < -0.39 is 11.4 Å². The van der Waals surface area contributed by atoms with Crippen molar-refractivity contribution < 1.29 is 9.90 Å². The molecule has 2 nitrogen and oxygen atoms in total. The predicted octanol–water partition coefficient (Wildman–Crippen LogP) is 4.05. The largest absolute Gasteiger partial charge is 0.480 e. The van der Waals surface area contributed by atoms with E-state index in [4.69, 9.17) is 0 Å². The minimum atomic E-state index is -0.959. The van der Waals surface area contributed by atoms with Gasteiger partial charge in [-0.25, -0.2) is 0 Å². The van der Waals surface area contributed by atoms with E-state index >= 15 is 0 Å². The molecule has 1 N–H and O–H groups in total. The zero-order valence-electron chi connectivity index (χ0n) is 11.6. The smallest absolute Gasteiger partial charge is 0.318 e. The molecule has 2 aromatic rings. The Morgan fingerprint density at radius 3 is 2.10 bits per heavy atom. The third kappa shape index (κ3) is 2.40. The van der Waals surface area contributed by atoms with Crippen molar-refractivity contribution in [1.29, 1.82) is 0 Å². The summed E-state index contributed by atoms with van der Waals surface area (Å²) in [7, 11) is 0. The lowest BCUT2D eigenvalue weighted by Gasteiger charge is -2.28. The third-order valence-electron chi connectivity index (χ3n) is 3.97. The van der Waals surface area contributed by atoms with Crippen LogP contribution in [0.25, 0.3) is 5.57 Å². The fraction of sp³-hybridized carbons (Fsp3) is 0.105. The van der Waals surface area contributed by atoms with E-state index in [0.29, 0.717) is 6.42 Å². The van der Waals surface area contributed by atoms with Gasteiger partial charge in [-0.3, -0.25) is 4.79 Å². The van der Waals surface area contributed by atoms with Crippen LogP contribution in [0.15, 0.2) is 78.9 Å². The van der Waals surface area contributed by atoms with Crippen LogP contribution in [-0.4, -0.2) is 11.1 Å². The van der Waals surface area contributed by atoms with Crippen molar-refractivity contribution in [3.05, 3.63) is 90.0 Å². The molecule has 0 amide bonds. The molecule has 2 aromatic carbocycles. The predicted molar refractivity (Wildman–Crippen MR) is 83.9 cm³/mol. The van der Waals surface area contributed by atoms with Gasteiger partial charge in [-0.2, -0.15) is 0 Å². The first-order valence-electron chi connectivity index (χ1n) is 6.96. The SMILES string of the molecule is O=C(O)C1(c2ccccc2)C=CC(c2ccccc2)=CC1. The summed E-state index contributed by atoms with van der Waals surface area (Å²) in [5.41, 5.74) is 2.04. The lowest BCUT2D eigenvalue weighted by atomic mass is 9.74. The number of carbonyl (C=O) groups is 1. The van der Waals surface area contributed by atoms with Gasteiger partial charge < -0.3 is 5.11 Å². The molecule has 1 aliphatic carbocycles. The van der Waals surface area contributed by atoms with Gasteiger partial charge in [0.1, 0.15) is 5.41 Å². The Kier molecular flexibility index (Phi) is 3.44. The summed E-state index contributed by atoms with van der Waals surface area (Å²) in [6, 6.07) is 19.4. The van der Waals surface area contributed by atoms with Gasteiger partial charge in [0.15, 0.2) is 0 Å². The second kappa shape index (κ2) is 5.41. The van der Waals surface area contributed by atoms with Crippen LogP contribution in [0.3, 0.4) is 0 Å². The number of rotatable bonds is 3. The number of allylic oxidation sites excluding steroid dienone is 3. The summed E-state index contributed by atoms with van der Waals surface area (Å²) in [4.78, 5) is 11.8. The maximum atomic E-state index is 11.8. The van der Waals surface area contributed by atoms with Crippen molar-refractivity contribution in [3.63, 3.8) is 0 Å². The second-order valence-electron chi connectivity index (χ2n) is 5.21. The van der Waals surface area contributed by atoms with E-state index in [-0.39, 0.29) is 0 Å². The average Bonchev–Trinajstić information content (AvgIpc) is 2.56. The molecule has 1 atom stereocenters. The van der Waals surface area contributed by atoms with Crippen molar-refractivity contribution in [2.75, 3.05) is 0 Å². The second-order valence-corrected chi connectivity index (χ2v) is 5.21.